The maximum atomic E-state index is 12.7. The van der Waals surface area contributed by atoms with Gasteiger partial charge < -0.3 is 5.32 Å². The Bertz CT molecular complexity index is 1150. The van der Waals surface area contributed by atoms with E-state index in [0.717, 1.165) is 30.5 Å². The highest BCUT2D eigenvalue weighted by Gasteiger charge is 2.25. The zero-order valence-electron chi connectivity index (χ0n) is 17.4. The van der Waals surface area contributed by atoms with Crippen LogP contribution in [0.1, 0.15) is 41.0 Å². The second-order valence-corrected chi connectivity index (χ2v) is 9.49. The van der Waals surface area contributed by atoms with Crippen molar-refractivity contribution in [1.29, 1.82) is 0 Å². The first kappa shape index (κ1) is 21.2. The lowest BCUT2D eigenvalue weighted by Gasteiger charge is -2.25. The fourth-order valence-electron chi connectivity index (χ4n) is 3.57. The van der Waals surface area contributed by atoms with E-state index in [0.29, 0.717) is 18.8 Å². The number of para-hydroxylation sites is 1. The molecular weight excluding hydrogens is 414 g/mol. The van der Waals surface area contributed by atoms with Crippen LogP contribution >= 0.6 is 0 Å². The maximum Gasteiger partial charge on any atom is 0.274 e. The van der Waals surface area contributed by atoms with E-state index in [1.54, 1.807) is 35.5 Å². The summed E-state index contributed by atoms with van der Waals surface area (Å²) in [6, 6.07) is 16.0. The Morgan fingerprint density at radius 2 is 1.65 bits per heavy atom. The number of nitrogens with zero attached hydrogens (tertiary/aromatic N) is 4. The van der Waals surface area contributed by atoms with Crippen LogP contribution in [0.4, 0.5) is 0 Å². The van der Waals surface area contributed by atoms with Crippen molar-refractivity contribution in [2.24, 2.45) is 0 Å². The second-order valence-electron chi connectivity index (χ2n) is 7.55. The molecule has 0 aliphatic carbocycles. The number of carbonyl (C=O) groups is 1. The standard InChI is InChI=1S/C22H25N5O3S/c1-17-21(25-27(24-17)19-8-4-2-5-9-19)22(28)23-16-18-10-12-20(13-11-18)31(29,30)26-14-6-3-7-15-26/h2,4-5,8-13H,3,6-7,14-16H2,1H3,(H,23,28). The molecule has 0 unspecified atom stereocenters. The summed E-state index contributed by atoms with van der Waals surface area (Å²) in [5.74, 6) is -0.329. The summed E-state index contributed by atoms with van der Waals surface area (Å²) >= 11 is 0. The van der Waals surface area contributed by atoms with Crippen LogP contribution in [0.2, 0.25) is 0 Å². The van der Waals surface area contributed by atoms with Gasteiger partial charge in [0.2, 0.25) is 10.0 Å². The SMILES string of the molecule is Cc1nn(-c2ccccc2)nc1C(=O)NCc1ccc(S(=O)(=O)N2CCCCC2)cc1. The predicted octanol–water partition coefficient (Wildman–Crippen LogP) is 2.68. The van der Waals surface area contributed by atoms with Gasteiger partial charge in [-0.05, 0) is 49.6 Å². The lowest BCUT2D eigenvalue weighted by Crippen LogP contribution is -2.35. The molecule has 2 heterocycles. The van der Waals surface area contributed by atoms with E-state index in [-0.39, 0.29) is 23.0 Å². The quantitative estimate of drug-likeness (QED) is 0.637. The van der Waals surface area contributed by atoms with Crippen molar-refractivity contribution in [2.75, 3.05) is 13.1 Å². The van der Waals surface area contributed by atoms with Crippen LogP contribution in [0.25, 0.3) is 5.69 Å². The monoisotopic (exact) mass is 439 g/mol. The highest BCUT2D eigenvalue weighted by Crippen LogP contribution is 2.21. The largest absolute Gasteiger partial charge is 0.347 e. The van der Waals surface area contributed by atoms with Gasteiger partial charge in [0.05, 0.1) is 16.3 Å². The molecule has 9 heteroatoms. The van der Waals surface area contributed by atoms with E-state index < -0.39 is 10.0 Å². The van der Waals surface area contributed by atoms with Crippen LogP contribution < -0.4 is 5.32 Å². The van der Waals surface area contributed by atoms with E-state index in [4.69, 9.17) is 0 Å². The van der Waals surface area contributed by atoms with Gasteiger partial charge in [0, 0.05) is 19.6 Å². The molecule has 1 aromatic heterocycles. The zero-order chi connectivity index (χ0) is 21.8. The number of piperidine rings is 1. The smallest absolute Gasteiger partial charge is 0.274 e. The van der Waals surface area contributed by atoms with E-state index in [1.165, 1.54) is 4.80 Å². The molecule has 1 N–H and O–H groups in total. The predicted molar refractivity (Wildman–Crippen MR) is 116 cm³/mol. The first-order valence-electron chi connectivity index (χ1n) is 10.3. The molecule has 162 valence electrons. The summed E-state index contributed by atoms with van der Waals surface area (Å²) in [6.45, 7) is 3.15. The molecule has 0 radical (unpaired) electrons. The van der Waals surface area contributed by atoms with Crippen molar-refractivity contribution >= 4 is 15.9 Å². The molecule has 1 fully saturated rings. The van der Waals surface area contributed by atoms with Gasteiger partial charge >= 0.3 is 0 Å². The van der Waals surface area contributed by atoms with E-state index >= 15 is 0 Å². The number of aromatic nitrogens is 3. The highest BCUT2D eigenvalue weighted by atomic mass is 32.2. The highest BCUT2D eigenvalue weighted by molar-refractivity contribution is 7.89. The molecule has 8 nitrogen and oxygen atoms in total. The third kappa shape index (κ3) is 4.67. The van der Waals surface area contributed by atoms with Crippen LogP contribution in [0.3, 0.4) is 0 Å². The number of hydrogen-bond acceptors (Lipinski definition) is 5. The summed E-state index contributed by atoms with van der Waals surface area (Å²) in [5.41, 5.74) is 2.37. The molecule has 1 aliphatic rings. The minimum Gasteiger partial charge on any atom is -0.347 e. The molecule has 0 bridgehead atoms. The molecule has 31 heavy (non-hydrogen) atoms. The normalized spacial score (nSPS) is 15.0. The fourth-order valence-corrected chi connectivity index (χ4v) is 5.08. The third-order valence-electron chi connectivity index (χ3n) is 5.31. The lowest BCUT2D eigenvalue weighted by molar-refractivity contribution is 0.0945. The Kier molecular flexibility index (Phi) is 6.15. The number of hydrogen-bond donors (Lipinski definition) is 1. The van der Waals surface area contributed by atoms with Gasteiger partial charge in [-0.3, -0.25) is 4.79 Å². The molecule has 0 spiro atoms. The maximum absolute atomic E-state index is 12.7. The summed E-state index contributed by atoms with van der Waals surface area (Å²) in [4.78, 5) is 14.3. The van der Waals surface area contributed by atoms with E-state index in [2.05, 4.69) is 15.5 Å². The minimum absolute atomic E-state index is 0.258. The molecular formula is C22H25N5O3S. The van der Waals surface area contributed by atoms with Crippen molar-refractivity contribution in [3.05, 3.63) is 71.5 Å². The number of benzene rings is 2. The van der Waals surface area contributed by atoms with Crippen LogP contribution in [0.5, 0.6) is 0 Å². The molecule has 1 amide bonds. The molecule has 1 aliphatic heterocycles. The first-order valence-corrected chi connectivity index (χ1v) is 11.8. The Balaban J connectivity index is 1.40. The van der Waals surface area contributed by atoms with Crippen molar-refractivity contribution in [3.8, 4) is 5.69 Å². The van der Waals surface area contributed by atoms with Gasteiger partial charge in [-0.1, -0.05) is 36.8 Å². The molecule has 4 rings (SSSR count). The average molecular weight is 440 g/mol. The topological polar surface area (TPSA) is 97.2 Å². The van der Waals surface area contributed by atoms with Gasteiger partial charge in [0.1, 0.15) is 0 Å². The van der Waals surface area contributed by atoms with Crippen LogP contribution in [-0.2, 0) is 16.6 Å². The van der Waals surface area contributed by atoms with Gasteiger partial charge in [-0.15, -0.1) is 5.10 Å². The molecule has 3 aromatic rings. The van der Waals surface area contributed by atoms with E-state index in [9.17, 15) is 13.2 Å². The first-order chi connectivity index (χ1) is 14.9. The van der Waals surface area contributed by atoms with Gasteiger partial charge in [-0.2, -0.15) is 14.2 Å². The summed E-state index contributed by atoms with van der Waals surface area (Å²) < 4.78 is 27.0. The number of sulfonamides is 1. The summed E-state index contributed by atoms with van der Waals surface area (Å²) in [7, 11) is -3.46. The third-order valence-corrected chi connectivity index (χ3v) is 7.23. The van der Waals surface area contributed by atoms with Crippen LogP contribution in [-0.4, -0.2) is 46.7 Å². The average Bonchev–Trinajstić information content (AvgIpc) is 3.20. The number of amides is 1. The van der Waals surface area contributed by atoms with Crippen molar-refractivity contribution in [3.63, 3.8) is 0 Å². The molecule has 0 saturated carbocycles. The number of rotatable bonds is 6. The molecule has 2 aromatic carbocycles. The van der Waals surface area contributed by atoms with Crippen molar-refractivity contribution in [2.45, 2.75) is 37.6 Å². The van der Waals surface area contributed by atoms with Crippen molar-refractivity contribution in [1.82, 2.24) is 24.6 Å². The van der Waals surface area contributed by atoms with Crippen LogP contribution in [0.15, 0.2) is 59.5 Å². The Morgan fingerprint density at radius 3 is 2.32 bits per heavy atom. The molecule has 0 atom stereocenters. The molecule has 1 saturated heterocycles. The Hall–Kier alpha value is -3.04. The van der Waals surface area contributed by atoms with Crippen molar-refractivity contribution < 1.29 is 13.2 Å². The zero-order valence-corrected chi connectivity index (χ0v) is 18.2. The number of aryl methyl sites for hydroxylation is 1. The fraction of sp³-hybridized carbons (Fsp3) is 0.318. The summed E-state index contributed by atoms with van der Waals surface area (Å²) in [6.07, 6.45) is 2.87. The number of nitrogens with one attached hydrogen (secondary N) is 1. The van der Waals surface area contributed by atoms with Crippen LogP contribution in [0, 0.1) is 6.92 Å². The van der Waals surface area contributed by atoms with Gasteiger partial charge in [0.25, 0.3) is 5.91 Å². The van der Waals surface area contributed by atoms with E-state index in [1.807, 2.05) is 30.3 Å². The lowest BCUT2D eigenvalue weighted by atomic mass is 10.2. The second kappa shape index (κ2) is 8.99. The Labute approximate surface area is 181 Å². The van der Waals surface area contributed by atoms with Gasteiger partial charge in [0.15, 0.2) is 5.69 Å². The minimum atomic E-state index is -3.46. The van der Waals surface area contributed by atoms with Gasteiger partial charge in [-0.25, -0.2) is 8.42 Å². The Morgan fingerprint density at radius 1 is 0.968 bits per heavy atom. The number of carbonyl (C=O) groups excluding carboxylic acids is 1. The summed E-state index contributed by atoms with van der Waals surface area (Å²) in [5, 5.41) is 11.4.